The van der Waals surface area contributed by atoms with Crippen molar-refractivity contribution in [3.8, 4) is 0 Å². The number of nitrogens with one attached hydrogen (secondary N) is 2. The predicted molar refractivity (Wildman–Crippen MR) is 146 cm³/mol. The van der Waals surface area contributed by atoms with Crippen molar-refractivity contribution in [1.82, 2.24) is 24.7 Å². The Kier molecular flexibility index (Phi) is 8.11. The summed E-state index contributed by atoms with van der Waals surface area (Å²) >= 11 is 0. The lowest BCUT2D eigenvalue weighted by Crippen LogP contribution is -2.47. The van der Waals surface area contributed by atoms with E-state index in [9.17, 15) is 13.6 Å². The summed E-state index contributed by atoms with van der Waals surface area (Å²) < 4.78 is 27.4. The number of carbonyl (C=O) groups excluding carboxylic acids is 1. The highest BCUT2D eigenvalue weighted by molar-refractivity contribution is 5.74. The number of hydrogen-bond acceptors (Lipinski definition) is 7. The van der Waals surface area contributed by atoms with Crippen molar-refractivity contribution >= 4 is 29.2 Å². The summed E-state index contributed by atoms with van der Waals surface area (Å²) in [7, 11) is 3.95. The van der Waals surface area contributed by atoms with Gasteiger partial charge in [0.25, 0.3) is 6.43 Å². The van der Waals surface area contributed by atoms with E-state index >= 15 is 0 Å². The van der Waals surface area contributed by atoms with Crippen molar-refractivity contribution < 1.29 is 13.6 Å². The molecule has 0 atom stereocenters. The molecule has 3 heterocycles. The number of aromatic nitrogens is 2. The van der Waals surface area contributed by atoms with Crippen molar-refractivity contribution in [2.75, 3.05) is 82.0 Å². The lowest BCUT2D eigenvalue weighted by Gasteiger charge is -2.34. The summed E-state index contributed by atoms with van der Waals surface area (Å²) in [5, 5.41) is 6.36. The van der Waals surface area contributed by atoms with Crippen LogP contribution in [0.25, 0.3) is 0 Å². The minimum atomic E-state index is -2.69. The lowest BCUT2D eigenvalue weighted by molar-refractivity contribution is 0.141. The zero-order valence-corrected chi connectivity index (χ0v) is 22.3. The standard InChI is InChI=1S/C27H38F2N8O/c1-34-13-15-36(16-14-34)20-7-8-23(21(17-20)19-5-6-19)32-26-31-18-22(24(28)29)25(33-26)30-9-3-11-37-12-4-10-35(2)27(37)38/h7-8,17-19,24H,3-6,9-16H2,1-2H3,(H2,30,31,32,33). The predicted octanol–water partition coefficient (Wildman–Crippen LogP) is 4.35. The molecule has 3 fully saturated rings. The van der Waals surface area contributed by atoms with Crippen molar-refractivity contribution in [2.45, 2.75) is 38.0 Å². The summed E-state index contributed by atoms with van der Waals surface area (Å²) in [6.07, 6.45) is 2.37. The molecule has 2 aliphatic heterocycles. The number of nitrogens with zero attached hydrogens (tertiary/aromatic N) is 6. The van der Waals surface area contributed by atoms with Gasteiger partial charge in [-0.25, -0.2) is 18.6 Å². The fraction of sp³-hybridized carbons (Fsp3) is 0.593. The van der Waals surface area contributed by atoms with Gasteiger partial charge in [-0.15, -0.1) is 0 Å². The maximum absolute atomic E-state index is 13.7. The van der Waals surface area contributed by atoms with Crippen LogP contribution in [-0.4, -0.2) is 97.2 Å². The third-order valence-electron chi connectivity index (χ3n) is 7.64. The van der Waals surface area contributed by atoms with E-state index < -0.39 is 6.43 Å². The molecule has 2 N–H and O–H groups in total. The Morgan fingerprint density at radius 1 is 1.08 bits per heavy atom. The molecule has 9 nitrogen and oxygen atoms in total. The number of anilines is 4. The van der Waals surface area contributed by atoms with E-state index in [2.05, 4.69) is 55.6 Å². The summed E-state index contributed by atoms with van der Waals surface area (Å²) in [4.78, 5) is 29.1. The highest BCUT2D eigenvalue weighted by atomic mass is 19.3. The van der Waals surface area contributed by atoms with Crippen LogP contribution in [-0.2, 0) is 0 Å². The molecule has 0 spiro atoms. The first kappa shape index (κ1) is 26.4. The van der Waals surface area contributed by atoms with Crippen LogP contribution in [0.2, 0.25) is 0 Å². The van der Waals surface area contributed by atoms with Gasteiger partial charge in [0.2, 0.25) is 5.95 Å². The number of benzene rings is 1. The Labute approximate surface area is 223 Å². The van der Waals surface area contributed by atoms with E-state index in [1.54, 1.807) is 16.8 Å². The zero-order chi connectivity index (χ0) is 26.6. The molecule has 38 heavy (non-hydrogen) atoms. The number of likely N-dealkylation sites (N-methyl/N-ethyl adjacent to an activating group) is 1. The van der Waals surface area contributed by atoms with Crippen molar-refractivity contribution in [2.24, 2.45) is 0 Å². The Morgan fingerprint density at radius 3 is 2.61 bits per heavy atom. The highest BCUT2D eigenvalue weighted by Crippen LogP contribution is 2.45. The van der Waals surface area contributed by atoms with E-state index in [0.717, 1.165) is 64.2 Å². The molecule has 206 valence electrons. The monoisotopic (exact) mass is 528 g/mol. The SMILES string of the molecule is CN1CCN(c2ccc(Nc3ncc(C(F)F)c(NCCCN4CCCN(C)C4=O)n3)c(C3CC3)c2)CC1. The number of alkyl halides is 2. The Balaban J connectivity index is 1.26. The fourth-order valence-electron chi connectivity index (χ4n) is 5.15. The largest absolute Gasteiger partial charge is 0.369 e. The molecule has 2 saturated heterocycles. The van der Waals surface area contributed by atoms with Gasteiger partial charge in [0.15, 0.2) is 0 Å². The quantitative estimate of drug-likeness (QED) is 0.444. The lowest BCUT2D eigenvalue weighted by atomic mass is 10.1. The van der Waals surface area contributed by atoms with Gasteiger partial charge in [-0.1, -0.05) is 0 Å². The minimum Gasteiger partial charge on any atom is -0.369 e. The molecule has 1 saturated carbocycles. The van der Waals surface area contributed by atoms with Crippen LogP contribution < -0.4 is 15.5 Å². The second kappa shape index (κ2) is 11.7. The van der Waals surface area contributed by atoms with E-state index in [1.165, 1.54) is 17.4 Å². The first-order valence-corrected chi connectivity index (χ1v) is 13.6. The number of urea groups is 1. The third kappa shape index (κ3) is 6.25. The van der Waals surface area contributed by atoms with Crippen LogP contribution >= 0.6 is 0 Å². The summed E-state index contributed by atoms with van der Waals surface area (Å²) in [5.41, 5.74) is 3.15. The molecule has 11 heteroatoms. The van der Waals surface area contributed by atoms with Gasteiger partial charge in [-0.05, 0) is 62.4 Å². The van der Waals surface area contributed by atoms with Gasteiger partial charge in [0.05, 0.1) is 5.56 Å². The zero-order valence-electron chi connectivity index (χ0n) is 22.3. The Morgan fingerprint density at radius 2 is 1.87 bits per heavy atom. The molecule has 0 unspecified atom stereocenters. The smallest absolute Gasteiger partial charge is 0.319 e. The Hall–Kier alpha value is -3.21. The van der Waals surface area contributed by atoms with Crippen LogP contribution in [0.4, 0.5) is 36.7 Å². The van der Waals surface area contributed by atoms with Gasteiger partial charge in [-0.3, -0.25) is 0 Å². The summed E-state index contributed by atoms with van der Waals surface area (Å²) in [5.74, 6) is 0.917. The van der Waals surface area contributed by atoms with Crippen molar-refractivity contribution in [3.63, 3.8) is 0 Å². The average molecular weight is 529 g/mol. The molecule has 0 radical (unpaired) electrons. The van der Waals surface area contributed by atoms with Gasteiger partial charge in [-0.2, -0.15) is 4.98 Å². The normalized spacial score (nSPS) is 18.9. The first-order valence-electron chi connectivity index (χ1n) is 13.6. The molecule has 1 aromatic carbocycles. The van der Waals surface area contributed by atoms with Crippen LogP contribution in [0.1, 0.15) is 49.2 Å². The first-order chi connectivity index (χ1) is 18.4. The number of rotatable bonds is 10. The van der Waals surface area contributed by atoms with E-state index in [1.807, 2.05) is 0 Å². The molecule has 5 rings (SSSR count). The molecular formula is C27H38F2N8O. The van der Waals surface area contributed by atoms with E-state index in [0.29, 0.717) is 31.4 Å². The molecule has 3 aliphatic rings. The molecule has 1 aliphatic carbocycles. The second-order valence-corrected chi connectivity index (χ2v) is 10.6. The number of amides is 2. The van der Waals surface area contributed by atoms with Gasteiger partial charge in [0, 0.05) is 77.0 Å². The maximum atomic E-state index is 13.7. The van der Waals surface area contributed by atoms with Gasteiger partial charge in [0.1, 0.15) is 5.82 Å². The van der Waals surface area contributed by atoms with Crippen molar-refractivity contribution in [1.29, 1.82) is 0 Å². The van der Waals surface area contributed by atoms with Crippen LogP contribution in [0.3, 0.4) is 0 Å². The second-order valence-electron chi connectivity index (χ2n) is 10.6. The topological polar surface area (TPSA) is 79.9 Å². The number of halogens is 2. The molecule has 2 aromatic rings. The molecule has 1 aromatic heterocycles. The van der Waals surface area contributed by atoms with E-state index in [-0.39, 0.29) is 17.4 Å². The van der Waals surface area contributed by atoms with Crippen LogP contribution in [0.5, 0.6) is 0 Å². The van der Waals surface area contributed by atoms with Gasteiger partial charge < -0.3 is 30.2 Å². The minimum absolute atomic E-state index is 0.0168. The average Bonchev–Trinajstić information content (AvgIpc) is 3.75. The Bertz CT molecular complexity index is 1120. The van der Waals surface area contributed by atoms with E-state index in [4.69, 9.17) is 0 Å². The number of hydrogen-bond donors (Lipinski definition) is 2. The molecular weight excluding hydrogens is 490 g/mol. The van der Waals surface area contributed by atoms with Crippen molar-refractivity contribution in [3.05, 3.63) is 35.5 Å². The summed E-state index contributed by atoms with van der Waals surface area (Å²) in [6, 6.07) is 6.46. The number of piperazine rings is 1. The van der Waals surface area contributed by atoms with Crippen LogP contribution in [0, 0.1) is 0 Å². The summed E-state index contributed by atoms with van der Waals surface area (Å²) in [6.45, 7) is 6.59. The maximum Gasteiger partial charge on any atom is 0.319 e. The third-order valence-corrected chi connectivity index (χ3v) is 7.64. The van der Waals surface area contributed by atoms with Gasteiger partial charge >= 0.3 is 6.03 Å². The molecule has 0 bridgehead atoms. The highest BCUT2D eigenvalue weighted by Gasteiger charge is 2.28. The molecule has 2 amide bonds. The number of carbonyl (C=O) groups is 1. The van der Waals surface area contributed by atoms with Crippen LogP contribution in [0.15, 0.2) is 24.4 Å². The fourth-order valence-corrected chi connectivity index (χ4v) is 5.15.